The zero-order chi connectivity index (χ0) is 25.1. The second kappa shape index (κ2) is 10.7. The van der Waals surface area contributed by atoms with Gasteiger partial charge in [-0.1, -0.05) is 19.9 Å². The number of carbonyl (C=O) groups is 1. The van der Waals surface area contributed by atoms with E-state index in [9.17, 15) is 9.18 Å². The van der Waals surface area contributed by atoms with Gasteiger partial charge in [0.1, 0.15) is 11.6 Å². The van der Waals surface area contributed by atoms with Crippen molar-refractivity contribution in [3.05, 3.63) is 59.4 Å². The molecule has 0 atom stereocenters. The van der Waals surface area contributed by atoms with E-state index in [-0.39, 0.29) is 24.4 Å². The molecule has 190 valence electrons. The SMILES string of the molecule is CCC(CC)C(=O)N(Cc1ccc2c(c1)OCO2)Cc1cc2ccc(F)cc2nc1N1CCOCC1. The maximum absolute atomic E-state index is 14.0. The molecule has 3 heterocycles. The van der Waals surface area contributed by atoms with Crippen molar-refractivity contribution < 1.29 is 23.4 Å². The van der Waals surface area contributed by atoms with Crippen molar-refractivity contribution in [1.29, 1.82) is 0 Å². The fraction of sp³-hybridized carbons (Fsp3) is 0.429. The number of rotatable bonds is 8. The summed E-state index contributed by atoms with van der Waals surface area (Å²) >= 11 is 0. The van der Waals surface area contributed by atoms with Crippen LogP contribution in [0.1, 0.15) is 37.8 Å². The van der Waals surface area contributed by atoms with Crippen LogP contribution < -0.4 is 14.4 Å². The van der Waals surface area contributed by atoms with Crippen molar-refractivity contribution in [2.24, 2.45) is 5.92 Å². The van der Waals surface area contributed by atoms with Gasteiger partial charge in [0.25, 0.3) is 0 Å². The van der Waals surface area contributed by atoms with Crippen molar-refractivity contribution in [1.82, 2.24) is 9.88 Å². The molecule has 0 bridgehead atoms. The molecule has 7 nitrogen and oxygen atoms in total. The largest absolute Gasteiger partial charge is 0.454 e. The van der Waals surface area contributed by atoms with Crippen LogP contribution in [0.25, 0.3) is 10.9 Å². The zero-order valence-electron chi connectivity index (χ0n) is 20.8. The predicted octanol–water partition coefficient (Wildman–Crippen LogP) is 4.90. The van der Waals surface area contributed by atoms with E-state index in [4.69, 9.17) is 19.2 Å². The average Bonchev–Trinajstić information content (AvgIpc) is 3.37. The number of pyridine rings is 1. The summed E-state index contributed by atoms with van der Waals surface area (Å²) in [6.45, 7) is 7.76. The Kier molecular flexibility index (Phi) is 7.23. The molecular weight excluding hydrogens is 461 g/mol. The zero-order valence-corrected chi connectivity index (χ0v) is 20.8. The summed E-state index contributed by atoms with van der Waals surface area (Å²) in [5, 5.41) is 0.849. The van der Waals surface area contributed by atoms with Crippen LogP contribution in [0.15, 0.2) is 42.5 Å². The Hall–Kier alpha value is -3.39. The number of fused-ring (bicyclic) bond motifs is 2. The van der Waals surface area contributed by atoms with Crippen LogP contribution in [-0.4, -0.2) is 48.9 Å². The summed E-state index contributed by atoms with van der Waals surface area (Å²) in [4.78, 5) is 22.7. The maximum atomic E-state index is 14.0. The summed E-state index contributed by atoms with van der Waals surface area (Å²) in [7, 11) is 0. The topological polar surface area (TPSA) is 64.1 Å². The molecule has 0 N–H and O–H groups in total. The smallest absolute Gasteiger partial charge is 0.231 e. The van der Waals surface area contributed by atoms with Gasteiger partial charge in [-0.05, 0) is 48.7 Å². The van der Waals surface area contributed by atoms with Crippen LogP contribution in [0, 0.1) is 11.7 Å². The van der Waals surface area contributed by atoms with Gasteiger partial charge in [-0.2, -0.15) is 0 Å². The number of halogens is 1. The summed E-state index contributed by atoms with van der Waals surface area (Å²) in [6.07, 6.45) is 1.55. The molecule has 2 aliphatic heterocycles. The Bertz CT molecular complexity index is 1240. The van der Waals surface area contributed by atoms with Gasteiger partial charge >= 0.3 is 0 Å². The first-order valence-electron chi connectivity index (χ1n) is 12.6. The molecule has 0 saturated carbocycles. The number of aromatic nitrogens is 1. The lowest BCUT2D eigenvalue weighted by atomic mass is 10.0. The monoisotopic (exact) mass is 493 g/mol. The average molecular weight is 494 g/mol. The van der Waals surface area contributed by atoms with Gasteiger partial charge in [0, 0.05) is 49.1 Å². The van der Waals surface area contributed by atoms with E-state index in [0.29, 0.717) is 50.7 Å². The highest BCUT2D eigenvalue weighted by atomic mass is 19.1. The normalized spacial score (nSPS) is 15.1. The van der Waals surface area contributed by atoms with E-state index in [0.717, 1.165) is 40.9 Å². The van der Waals surface area contributed by atoms with Gasteiger partial charge in [0.15, 0.2) is 11.5 Å². The Morgan fingerprint density at radius 2 is 1.81 bits per heavy atom. The van der Waals surface area contributed by atoms with Crippen LogP contribution in [0.4, 0.5) is 10.2 Å². The quantitative estimate of drug-likeness (QED) is 0.445. The maximum Gasteiger partial charge on any atom is 0.231 e. The molecule has 2 aliphatic rings. The van der Waals surface area contributed by atoms with Crippen LogP contribution in [0.5, 0.6) is 11.5 Å². The molecule has 0 unspecified atom stereocenters. The highest BCUT2D eigenvalue weighted by molar-refractivity contribution is 5.83. The van der Waals surface area contributed by atoms with Crippen LogP contribution in [0.2, 0.25) is 0 Å². The van der Waals surface area contributed by atoms with Gasteiger partial charge in [-0.25, -0.2) is 9.37 Å². The van der Waals surface area contributed by atoms with Crippen molar-refractivity contribution >= 4 is 22.6 Å². The number of ether oxygens (including phenoxy) is 3. The molecule has 0 radical (unpaired) electrons. The number of hydrogen-bond acceptors (Lipinski definition) is 6. The highest BCUT2D eigenvalue weighted by Crippen LogP contribution is 2.34. The number of morpholine rings is 1. The van der Waals surface area contributed by atoms with Crippen LogP contribution in [0.3, 0.4) is 0 Å². The number of anilines is 1. The molecule has 2 aromatic carbocycles. The van der Waals surface area contributed by atoms with E-state index < -0.39 is 0 Å². The molecule has 1 saturated heterocycles. The van der Waals surface area contributed by atoms with Gasteiger partial charge in [0.05, 0.1) is 18.7 Å². The first kappa shape index (κ1) is 24.3. The molecule has 0 aliphatic carbocycles. The lowest BCUT2D eigenvalue weighted by Crippen LogP contribution is -2.39. The van der Waals surface area contributed by atoms with E-state index in [1.54, 1.807) is 6.07 Å². The van der Waals surface area contributed by atoms with Crippen molar-refractivity contribution in [3.63, 3.8) is 0 Å². The number of carbonyl (C=O) groups excluding carboxylic acids is 1. The summed E-state index contributed by atoms with van der Waals surface area (Å²) in [5.41, 5.74) is 2.52. The van der Waals surface area contributed by atoms with E-state index in [1.165, 1.54) is 12.1 Å². The number of hydrogen-bond donors (Lipinski definition) is 0. The molecule has 8 heteroatoms. The van der Waals surface area contributed by atoms with Crippen molar-refractivity contribution in [2.45, 2.75) is 39.8 Å². The molecule has 1 amide bonds. The van der Waals surface area contributed by atoms with Gasteiger partial charge in [-0.3, -0.25) is 4.79 Å². The van der Waals surface area contributed by atoms with E-state index >= 15 is 0 Å². The molecule has 5 rings (SSSR count). The molecule has 1 fully saturated rings. The summed E-state index contributed by atoms with van der Waals surface area (Å²) in [5.74, 6) is 1.94. The third kappa shape index (κ3) is 5.09. The highest BCUT2D eigenvalue weighted by Gasteiger charge is 2.26. The summed E-state index contributed by atoms with van der Waals surface area (Å²) < 4.78 is 30.5. The molecule has 36 heavy (non-hydrogen) atoms. The number of amides is 1. The number of benzene rings is 2. The second-order valence-corrected chi connectivity index (χ2v) is 9.30. The Morgan fingerprint density at radius 1 is 1.03 bits per heavy atom. The fourth-order valence-corrected chi connectivity index (χ4v) is 4.91. The lowest BCUT2D eigenvalue weighted by molar-refractivity contribution is -0.137. The molecular formula is C28H32FN3O4. The predicted molar refractivity (Wildman–Crippen MR) is 136 cm³/mol. The second-order valence-electron chi connectivity index (χ2n) is 9.30. The lowest BCUT2D eigenvalue weighted by Gasteiger charge is -2.32. The van der Waals surface area contributed by atoms with Gasteiger partial charge in [-0.15, -0.1) is 0 Å². The van der Waals surface area contributed by atoms with Gasteiger partial charge in [0.2, 0.25) is 12.7 Å². The Morgan fingerprint density at radius 3 is 2.58 bits per heavy atom. The minimum Gasteiger partial charge on any atom is -0.454 e. The van der Waals surface area contributed by atoms with Crippen molar-refractivity contribution in [2.75, 3.05) is 38.0 Å². The summed E-state index contributed by atoms with van der Waals surface area (Å²) in [6, 6.07) is 12.5. The van der Waals surface area contributed by atoms with E-state index in [1.807, 2.05) is 29.2 Å². The first-order valence-corrected chi connectivity index (χ1v) is 12.6. The molecule has 3 aromatic rings. The van der Waals surface area contributed by atoms with Crippen molar-refractivity contribution in [3.8, 4) is 11.5 Å². The third-order valence-corrected chi connectivity index (χ3v) is 6.96. The third-order valence-electron chi connectivity index (χ3n) is 6.96. The molecule has 1 aromatic heterocycles. The Labute approximate surface area is 210 Å². The first-order chi connectivity index (χ1) is 17.6. The Balaban J connectivity index is 1.52. The van der Waals surface area contributed by atoms with Gasteiger partial charge < -0.3 is 24.0 Å². The minimum absolute atomic E-state index is 0.0617. The minimum atomic E-state index is -0.316. The van der Waals surface area contributed by atoms with E-state index in [2.05, 4.69) is 18.7 Å². The van der Waals surface area contributed by atoms with Crippen LogP contribution in [-0.2, 0) is 22.6 Å². The van der Waals surface area contributed by atoms with Crippen LogP contribution >= 0.6 is 0 Å². The molecule has 0 spiro atoms. The fourth-order valence-electron chi connectivity index (χ4n) is 4.91. The number of nitrogens with zero attached hydrogens (tertiary/aromatic N) is 3. The standard InChI is InChI=1S/C28H32FN3O4/c1-3-20(4-2)28(33)32(16-19-5-8-25-26(13-19)36-18-35-25)17-22-14-21-6-7-23(29)15-24(21)30-27(22)31-9-11-34-12-10-31/h5-8,13-15,20H,3-4,9-12,16-18H2,1-2H3.